The summed E-state index contributed by atoms with van der Waals surface area (Å²) in [7, 11) is -1.25. The minimum Gasteiger partial charge on any atom is -0.440 e. The minimum atomic E-state index is -1.25. The molecule has 222 valence electrons. The van der Waals surface area contributed by atoms with Crippen LogP contribution in [-0.4, -0.2) is 36.4 Å². The van der Waals surface area contributed by atoms with E-state index in [0.717, 1.165) is 37.1 Å². The van der Waals surface area contributed by atoms with Crippen molar-refractivity contribution in [2.75, 3.05) is 23.3 Å². The van der Waals surface area contributed by atoms with Crippen LogP contribution in [0.25, 0.3) is 22.2 Å². The highest BCUT2D eigenvalue weighted by Crippen LogP contribution is 2.37. The van der Waals surface area contributed by atoms with Crippen LogP contribution in [0.2, 0.25) is 10.2 Å². The quantitative estimate of drug-likeness (QED) is 0.191. The number of aromatic nitrogens is 1. The van der Waals surface area contributed by atoms with Gasteiger partial charge in [0.15, 0.2) is 5.43 Å². The molecular formula is C32H33BCl2N4O4. The number of halogens is 2. The van der Waals surface area contributed by atoms with E-state index in [-0.39, 0.29) is 16.9 Å². The highest BCUT2D eigenvalue weighted by atomic mass is 35.5. The SMILES string of the molecule is Cc1cc([C@@H](C)Nc2ccc(Cl)nc2-c2cc(Cl)c3c(c2)C=NOB3O)c2oc(N3CCC(C)(C)CC3)c(C)c(=O)c2c1. The summed E-state index contributed by atoms with van der Waals surface area (Å²) >= 11 is 12.9. The monoisotopic (exact) mass is 618 g/mol. The fourth-order valence-electron chi connectivity index (χ4n) is 5.92. The fraction of sp³-hybridized carbons (Fsp3) is 0.344. The molecule has 6 rings (SSSR count). The lowest BCUT2D eigenvalue weighted by Gasteiger charge is -2.37. The second-order valence-corrected chi connectivity index (χ2v) is 13.1. The van der Waals surface area contributed by atoms with E-state index in [4.69, 9.17) is 32.4 Å². The maximum Gasteiger partial charge on any atom is 0.585 e. The van der Waals surface area contributed by atoms with Crippen LogP contribution < -0.4 is 21.1 Å². The van der Waals surface area contributed by atoms with Gasteiger partial charge in [-0.15, -0.1) is 5.16 Å². The molecule has 1 atom stereocenters. The van der Waals surface area contributed by atoms with Crippen molar-refractivity contribution in [3.63, 3.8) is 0 Å². The Morgan fingerprint density at radius 3 is 2.60 bits per heavy atom. The van der Waals surface area contributed by atoms with Gasteiger partial charge in [0, 0.05) is 34.7 Å². The van der Waals surface area contributed by atoms with Crippen LogP contribution in [0.4, 0.5) is 11.6 Å². The molecule has 2 aromatic carbocycles. The van der Waals surface area contributed by atoms with E-state index in [2.05, 4.69) is 40.3 Å². The van der Waals surface area contributed by atoms with Crippen LogP contribution in [0.3, 0.4) is 0 Å². The Bertz CT molecular complexity index is 1830. The molecule has 0 aliphatic carbocycles. The van der Waals surface area contributed by atoms with Crippen molar-refractivity contribution in [3.05, 3.63) is 79.1 Å². The molecule has 2 aromatic heterocycles. The molecule has 0 saturated carbocycles. The van der Waals surface area contributed by atoms with E-state index in [0.29, 0.717) is 60.6 Å². The van der Waals surface area contributed by atoms with Gasteiger partial charge >= 0.3 is 7.12 Å². The van der Waals surface area contributed by atoms with E-state index < -0.39 is 7.12 Å². The largest absolute Gasteiger partial charge is 0.585 e. The van der Waals surface area contributed by atoms with Crippen LogP contribution in [0.1, 0.15) is 61.9 Å². The molecule has 1 saturated heterocycles. The second kappa shape index (κ2) is 11.2. The van der Waals surface area contributed by atoms with Crippen molar-refractivity contribution in [1.29, 1.82) is 0 Å². The fourth-order valence-corrected chi connectivity index (χ4v) is 6.39. The molecule has 1 fully saturated rings. The number of aryl methyl sites for hydroxylation is 1. The normalized spacial score (nSPS) is 16.7. The Hall–Kier alpha value is -3.53. The van der Waals surface area contributed by atoms with Gasteiger partial charge < -0.3 is 24.4 Å². The van der Waals surface area contributed by atoms with Crippen LogP contribution in [0, 0.1) is 19.3 Å². The van der Waals surface area contributed by atoms with E-state index in [1.807, 2.05) is 39.0 Å². The number of oxime groups is 1. The summed E-state index contributed by atoms with van der Waals surface area (Å²) in [5.41, 5.74) is 6.33. The zero-order valence-corrected chi connectivity index (χ0v) is 26.3. The third-order valence-corrected chi connectivity index (χ3v) is 9.03. The Balaban J connectivity index is 1.41. The Morgan fingerprint density at radius 2 is 1.86 bits per heavy atom. The molecule has 0 amide bonds. The van der Waals surface area contributed by atoms with Gasteiger partial charge in [0.2, 0.25) is 5.88 Å². The molecule has 4 aromatic rings. The number of hydrogen-bond donors (Lipinski definition) is 2. The van der Waals surface area contributed by atoms with E-state index in [1.54, 1.807) is 12.1 Å². The molecule has 0 radical (unpaired) electrons. The predicted octanol–water partition coefficient (Wildman–Crippen LogP) is 6.63. The van der Waals surface area contributed by atoms with E-state index in [9.17, 15) is 9.82 Å². The zero-order chi connectivity index (χ0) is 30.6. The molecule has 2 N–H and O–H groups in total. The number of anilines is 2. The summed E-state index contributed by atoms with van der Waals surface area (Å²) < 4.78 is 11.6. The van der Waals surface area contributed by atoms with Gasteiger partial charge in [-0.1, -0.05) is 43.1 Å². The first-order chi connectivity index (χ1) is 20.4. The van der Waals surface area contributed by atoms with E-state index in [1.165, 1.54) is 6.21 Å². The molecule has 43 heavy (non-hydrogen) atoms. The van der Waals surface area contributed by atoms with Crippen molar-refractivity contribution in [2.24, 2.45) is 10.6 Å². The van der Waals surface area contributed by atoms with Gasteiger partial charge in [-0.2, -0.15) is 0 Å². The number of benzene rings is 2. The smallest absolute Gasteiger partial charge is 0.440 e. The van der Waals surface area contributed by atoms with Crippen LogP contribution >= 0.6 is 23.2 Å². The summed E-state index contributed by atoms with van der Waals surface area (Å²) in [6.45, 7) is 12.1. The summed E-state index contributed by atoms with van der Waals surface area (Å²) in [5.74, 6) is 0.649. The van der Waals surface area contributed by atoms with Crippen molar-refractivity contribution >= 4 is 64.5 Å². The highest BCUT2D eigenvalue weighted by molar-refractivity contribution is 6.65. The second-order valence-electron chi connectivity index (χ2n) is 12.3. The number of fused-ring (bicyclic) bond motifs is 2. The van der Waals surface area contributed by atoms with E-state index >= 15 is 0 Å². The predicted molar refractivity (Wildman–Crippen MR) is 175 cm³/mol. The maximum atomic E-state index is 13.7. The molecule has 8 nitrogen and oxygen atoms in total. The van der Waals surface area contributed by atoms with Gasteiger partial charge in [-0.3, -0.25) is 4.79 Å². The topological polar surface area (TPSA) is 100 Å². The molecule has 0 spiro atoms. The highest BCUT2D eigenvalue weighted by Gasteiger charge is 2.30. The minimum absolute atomic E-state index is 0.0105. The average molecular weight is 619 g/mol. The molecule has 0 bridgehead atoms. The van der Waals surface area contributed by atoms with Gasteiger partial charge in [-0.05, 0) is 80.5 Å². The zero-order valence-electron chi connectivity index (χ0n) is 24.8. The summed E-state index contributed by atoms with van der Waals surface area (Å²) in [5, 5.41) is 18.8. The standard InChI is InChI=1S/C32H33BCl2N4O4/c1-17-12-22(30-23(13-17)29(40)18(2)31(42-30)39-10-8-32(4,5)9-11-39)19(3)37-25-6-7-26(35)38-28(25)20-14-21-16-36-43-33(41)27(21)24(34)15-20/h6-7,12-16,19,37,41H,8-11H2,1-5H3/t19-/m1/s1. The van der Waals surface area contributed by atoms with Crippen molar-refractivity contribution in [1.82, 2.24) is 4.98 Å². The first kappa shape index (κ1) is 29.5. The number of pyridine rings is 1. The summed E-state index contributed by atoms with van der Waals surface area (Å²) in [6, 6.07) is 10.8. The van der Waals surface area contributed by atoms with Crippen LogP contribution in [0.5, 0.6) is 0 Å². The molecule has 0 unspecified atom stereocenters. The molecular weight excluding hydrogens is 586 g/mol. The molecule has 2 aliphatic rings. The molecule has 4 heterocycles. The van der Waals surface area contributed by atoms with Gasteiger partial charge in [0.1, 0.15) is 10.7 Å². The number of nitrogens with zero attached hydrogens (tertiary/aromatic N) is 3. The summed E-state index contributed by atoms with van der Waals surface area (Å²) in [4.78, 5) is 20.5. The van der Waals surface area contributed by atoms with Crippen molar-refractivity contribution in [2.45, 2.75) is 53.5 Å². The number of hydrogen-bond acceptors (Lipinski definition) is 8. The summed E-state index contributed by atoms with van der Waals surface area (Å²) in [6.07, 6.45) is 3.56. The Kier molecular flexibility index (Phi) is 7.69. The number of rotatable bonds is 5. The first-order valence-electron chi connectivity index (χ1n) is 14.4. The average Bonchev–Trinajstić information content (AvgIpc) is 2.95. The lowest BCUT2D eigenvalue weighted by atomic mass is 9.75. The Labute approximate surface area is 260 Å². The maximum absolute atomic E-state index is 13.7. The molecule has 2 aliphatic heterocycles. The van der Waals surface area contributed by atoms with Gasteiger partial charge in [0.05, 0.1) is 34.6 Å². The molecule has 11 heteroatoms. The van der Waals surface area contributed by atoms with Crippen molar-refractivity contribution in [3.8, 4) is 11.3 Å². The lowest BCUT2D eigenvalue weighted by Crippen LogP contribution is -2.38. The lowest BCUT2D eigenvalue weighted by molar-refractivity contribution is 0.274. The van der Waals surface area contributed by atoms with Gasteiger partial charge in [0.25, 0.3) is 0 Å². The van der Waals surface area contributed by atoms with Crippen molar-refractivity contribution < 1.29 is 14.2 Å². The third-order valence-electron chi connectivity index (χ3n) is 8.51. The third kappa shape index (κ3) is 5.62. The number of piperidine rings is 1. The van der Waals surface area contributed by atoms with Crippen LogP contribution in [-0.2, 0) is 4.76 Å². The Morgan fingerprint density at radius 1 is 1.12 bits per heavy atom. The van der Waals surface area contributed by atoms with Gasteiger partial charge in [-0.25, -0.2) is 4.98 Å². The first-order valence-corrected chi connectivity index (χ1v) is 15.1. The number of nitrogens with one attached hydrogen (secondary N) is 1. The van der Waals surface area contributed by atoms with Crippen LogP contribution in [0.15, 0.2) is 50.8 Å².